The summed E-state index contributed by atoms with van der Waals surface area (Å²) in [6.45, 7) is 1.58. The van der Waals surface area contributed by atoms with E-state index in [9.17, 15) is 17.9 Å². The van der Waals surface area contributed by atoms with E-state index in [1.54, 1.807) is 12.1 Å². The summed E-state index contributed by atoms with van der Waals surface area (Å²) in [7, 11) is -3.72. The Kier molecular flexibility index (Phi) is 4.06. The first kappa shape index (κ1) is 14.5. The molecule has 6 heteroatoms. The molecule has 0 atom stereocenters. The Morgan fingerprint density at radius 1 is 1.20 bits per heavy atom. The van der Waals surface area contributed by atoms with Crippen LogP contribution in [0.5, 0.6) is 5.75 Å². The number of sulfonamides is 1. The van der Waals surface area contributed by atoms with Crippen LogP contribution in [0.2, 0.25) is 0 Å². The van der Waals surface area contributed by atoms with Gasteiger partial charge in [-0.1, -0.05) is 12.1 Å². The van der Waals surface area contributed by atoms with Crippen molar-refractivity contribution >= 4 is 10.0 Å². The number of hydrogen-bond acceptors (Lipinski definition) is 3. The van der Waals surface area contributed by atoms with E-state index >= 15 is 0 Å². The summed E-state index contributed by atoms with van der Waals surface area (Å²) < 4.78 is 39.7. The van der Waals surface area contributed by atoms with Crippen LogP contribution >= 0.6 is 0 Å². The molecule has 0 amide bonds. The van der Waals surface area contributed by atoms with E-state index in [4.69, 9.17) is 0 Å². The number of nitrogens with one attached hydrogen (secondary N) is 1. The highest BCUT2D eigenvalue weighted by molar-refractivity contribution is 7.89. The number of phenolic OH excluding ortho intramolecular Hbond substituents is 1. The van der Waals surface area contributed by atoms with Gasteiger partial charge in [0.2, 0.25) is 10.0 Å². The molecule has 2 aromatic rings. The molecule has 20 heavy (non-hydrogen) atoms. The maximum atomic E-state index is 13.0. The second-order valence-electron chi connectivity index (χ2n) is 4.40. The van der Waals surface area contributed by atoms with Crippen molar-refractivity contribution in [1.29, 1.82) is 0 Å². The van der Waals surface area contributed by atoms with Crippen molar-refractivity contribution in [2.45, 2.75) is 18.4 Å². The van der Waals surface area contributed by atoms with Gasteiger partial charge in [0.15, 0.2) is 0 Å². The monoisotopic (exact) mass is 295 g/mol. The fourth-order valence-corrected chi connectivity index (χ4v) is 3.08. The molecule has 0 spiro atoms. The van der Waals surface area contributed by atoms with E-state index in [1.807, 2.05) is 0 Å². The Balaban J connectivity index is 2.19. The third-order valence-corrected chi connectivity index (χ3v) is 4.36. The van der Waals surface area contributed by atoms with Gasteiger partial charge in [-0.25, -0.2) is 17.5 Å². The lowest BCUT2D eigenvalue weighted by Crippen LogP contribution is -2.24. The molecule has 0 aliphatic heterocycles. The maximum absolute atomic E-state index is 13.0. The summed E-state index contributed by atoms with van der Waals surface area (Å²) in [5, 5.41) is 9.32. The molecule has 0 fully saturated rings. The number of hydrogen-bond donors (Lipinski definition) is 2. The van der Waals surface area contributed by atoms with Crippen molar-refractivity contribution in [2.24, 2.45) is 0 Å². The number of aromatic hydroxyl groups is 1. The minimum absolute atomic E-state index is 0.0408. The normalized spacial score (nSPS) is 11.5. The first-order valence-electron chi connectivity index (χ1n) is 5.92. The number of benzene rings is 2. The lowest BCUT2D eigenvalue weighted by Gasteiger charge is -2.09. The van der Waals surface area contributed by atoms with Gasteiger partial charge >= 0.3 is 0 Å². The Labute approximate surface area is 116 Å². The van der Waals surface area contributed by atoms with Crippen LogP contribution in [-0.4, -0.2) is 13.5 Å². The van der Waals surface area contributed by atoms with Crippen LogP contribution in [0.4, 0.5) is 4.39 Å². The summed E-state index contributed by atoms with van der Waals surface area (Å²) in [4.78, 5) is 0.0408. The lowest BCUT2D eigenvalue weighted by molar-refractivity contribution is 0.474. The fourth-order valence-electron chi connectivity index (χ4n) is 1.84. The molecule has 0 saturated carbocycles. The van der Waals surface area contributed by atoms with Crippen LogP contribution < -0.4 is 4.72 Å². The smallest absolute Gasteiger partial charge is 0.241 e. The first-order valence-corrected chi connectivity index (χ1v) is 7.40. The average Bonchev–Trinajstić information content (AvgIpc) is 2.36. The largest absolute Gasteiger partial charge is 0.508 e. The van der Waals surface area contributed by atoms with Crippen molar-refractivity contribution in [3.8, 4) is 5.75 Å². The zero-order chi connectivity index (χ0) is 14.8. The van der Waals surface area contributed by atoms with Crippen molar-refractivity contribution in [2.75, 3.05) is 0 Å². The molecule has 106 valence electrons. The molecular weight excluding hydrogens is 281 g/mol. The van der Waals surface area contributed by atoms with E-state index in [1.165, 1.54) is 31.2 Å². The zero-order valence-electron chi connectivity index (χ0n) is 10.8. The van der Waals surface area contributed by atoms with Crippen LogP contribution in [0.25, 0.3) is 0 Å². The van der Waals surface area contributed by atoms with E-state index in [0.717, 1.165) is 6.07 Å². The third-order valence-electron chi connectivity index (χ3n) is 2.80. The Bertz CT molecular complexity index is 729. The molecular formula is C14H14FNO3S. The van der Waals surface area contributed by atoms with Crippen molar-refractivity contribution in [3.63, 3.8) is 0 Å². The third kappa shape index (κ3) is 3.34. The molecule has 2 aromatic carbocycles. The zero-order valence-corrected chi connectivity index (χ0v) is 11.6. The van der Waals surface area contributed by atoms with Crippen molar-refractivity contribution in [1.82, 2.24) is 4.72 Å². The van der Waals surface area contributed by atoms with E-state index in [2.05, 4.69) is 4.72 Å². The van der Waals surface area contributed by atoms with E-state index in [-0.39, 0.29) is 17.2 Å². The molecule has 0 aliphatic rings. The van der Waals surface area contributed by atoms with E-state index < -0.39 is 15.8 Å². The summed E-state index contributed by atoms with van der Waals surface area (Å²) in [6, 6.07) is 9.80. The summed E-state index contributed by atoms with van der Waals surface area (Å²) >= 11 is 0. The molecule has 2 rings (SSSR count). The Hall–Kier alpha value is -1.92. The number of rotatable bonds is 4. The summed E-state index contributed by atoms with van der Waals surface area (Å²) in [6.07, 6.45) is 0. The van der Waals surface area contributed by atoms with Gasteiger partial charge in [-0.15, -0.1) is 0 Å². The van der Waals surface area contributed by atoms with Crippen LogP contribution in [0, 0.1) is 12.7 Å². The molecule has 0 bridgehead atoms. The number of phenols is 1. The van der Waals surface area contributed by atoms with Crippen LogP contribution in [0.3, 0.4) is 0 Å². The van der Waals surface area contributed by atoms with Gasteiger partial charge < -0.3 is 5.11 Å². The van der Waals surface area contributed by atoms with Gasteiger partial charge in [0, 0.05) is 6.54 Å². The molecule has 0 radical (unpaired) electrons. The number of halogens is 1. The van der Waals surface area contributed by atoms with Crippen LogP contribution in [0.15, 0.2) is 47.4 Å². The minimum Gasteiger partial charge on any atom is -0.508 e. The standard InChI is InChI=1S/C14H14FNO3S/c1-10-7-12(15)5-6-14(10)20(18,19)16-9-11-3-2-4-13(17)8-11/h2-8,16-17H,9H2,1H3. The Morgan fingerprint density at radius 3 is 2.60 bits per heavy atom. The SMILES string of the molecule is Cc1cc(F)ccc1S(=O)(=O)NCc1cccc(O)c1. The molecule has 0 aromatic heterocycles. The molecule has 2 N–H and O–H groups in total. The topological polar surface area (TPSA) is 66.4 Å². The number of aryl methyl sites for hydroxylation is 1. The molecule has 4 nitrogen and oxygen atoms in total. The highest BCUT2D eigenvalue weighted by atomic mass is 32.2. The molecule has 0 heterocycles. The highest BCUT2D eigenvalue weighted by Crippen LogP contribution is 2.17. The maximum Gasteiger partial charge on any atom is 0.241 e. The van der Waals surface area contributed by atoms with Gasteiger partial charge in [0.1, 0.15) is 11.6 Å². The van der Waals surface area contributed by atoms with Crippen molar-refractivity contribution in [3.05, 3.63) is 59.4 Å². The predicted molar refractivity (Wildman–Crippen MR) is 73.3 cm³/mol. The molecule has 0 saturated heterocycles. The summed E-state index contributed by atoms with van der Waals surface area (Å²) in [5.74, 6) is -0.408. The van der Waals surface area contributed by atoms with E-state index in [0.29, 0.717) is 11.1 Å². The van der Waals surface area contributed by atoms with Gasteiger partial charge in [-0.2, -0.15) is 0 Å². The second kappa shape index (κ2) is 5.60. The summed E-state index contributed by atoms with van der Waals surface area (Å²) in [5.41, 5.74) is 0.974. The van der Waals surface area contributed by atoms with Crippen LogP contribution in [0.1, 0.15) is 11.1 Å². The average molecular weight is 295 g/mol. The van der Waals surface area contributed by atoms with Gasteiger partial charge in [-0.05, 0) is 48.4 Å². The quantitative estimate of drug-likeness (QED) is 0.909. The fraction of sp³-hybridized carbons (Fsp3) is 0.143. The first-order chi connectivity index (χ1) is 9.38. The minimum atomic E-state index is -3.72. The van der Waals surface area contributed by atoms with Gasteiger partial charge in [0.05, 0.1) is 4.90 Å². The van der Waals surface area contributed by atoms with Crippen molar-refractivity contribution < 1.29 is 17.9 Å². The lowest BCUT2D eigenvalue weighted by atomic mass is 10.2. The Morgan fingerprint density at radius 2 is 1.95 bits per heavy atom. The predicted octanol–water partition coefficient (Wildman–Crippen LogP) is 2.32. The van der Waals surface area contributed by atoms with Gasteiger partial charge in [-0.3, -0.25) is 0 Å². The van der Waals surface area contributed by atoms with Crippen LogP contribution in [-0.2, 0) is 16.6 Å². The highest BCUT2D eigenvalue weighted by Gasteiger charge is 2.16. The second-order valence-corrected chi connectivity index (χ2v) is 6.14. The molecule has 0 unspecified atom stereocenters. The molecule has 0 aliphatic carbocycles. The van der Waals surface area contributed by atoms with Gasteiger partial charge in [0.25, 0.3) is 0 Å².